The number of nitrogens with one attached hydrogen (secondary N) is 1. The van der Waals surface area contributed by atoms with Crippen molar-refractivity contribution in [2.45, 2.75) is 32.2 Å². The predicted molar refractivity (Wildman–Crippen MR) is 79.5 cm³/mol. The van der Waals surface area contributed by atoms with Crippen LogP contribution in [0.1, 0.15) is 25.5 Å². The Morgan fingerprint density at radius 2 is 1.74 bits per heavy atom. The summed E-state index contributed by atoms with van der Waals surface area (Å²) >= 11 is 3.50. The molecule has 0 spiro atoms. The molecule has 0 heterocycles. The van der Waals surface area contributed by atoms with Gasteiger partial charge in [0.15, 0.2) is 6.29 Å². The van der Waals surface area contributed by atoms with Gasteiger partial charge in [-0.25, -0.2) is 0 Å². The lowest BCUT2D eigenvalue weighted by Crippen LogP contribution is -2.40. The third-order valence-electron chi connectivity index (χ3n) is 3.06. The van der Waals surface area contributed by atoms with Crippen LogP contribution in [-0.2, 0) is 9.47 Å². The molecule has 0 aliphatic rings. The van der Waals surface area contributed by atoms with Crippen molar-refractivity contribution in [3.8, 4) is 5.75 Å². The van der Waals surface area contributed by atoms with E-state index in [1.54, 1.807) is 21.3 Å². The summed E-state index contributed by atoms with van der Waals surface area (Å²) in [7, 11) is 4.94. The number of rotatable bonds is 7. The van der Waals surface area contributed by atoms with Gasteiger partial charge >= 0.3 is 0 Å². The van der Waals surface area contributed by atoms with E-state index in [-0.39, 0.29) is 18.4 Å². The molecular formula is C14H22BrNO3. The van der Waals surface area contributed by atoms with Crippen LogP contribution in [0, 0.1) is 0 Å². The third kappa shape index (κ3) is 4.45. The normalized spacial score (nSPS) is 14.5. The molecule has 0 unspecified atom stereocenters. The first-order chi connectivity index (χ1) is 9.03. The van der Waals surface area contributed by atoms with E-state index in [0.717, 1.165) is 10.2 Å². The number of benzene rings is 1. The van der Waals surface area contributed by atoms with Crippen LogP contribution in [0.4, 0.5) is 0 Å². The van der Waals surface area contributed by atoms with Gasteiger partial charge in [0.25, 0.3) is 0 Å². The maximum absolute atomic E-state index is 5.24. The van der Waals surface area contributed by atoms with Crippen molar-refractivity contribution in [3.63, 3.8) is 0 Å². The Morgan fingerprint density at radius 3 is 2.21 bits per heavy atom. The molecule has 1 N–H and O–H groups in total. The van der Waals surface area contributed by atoms with Crippen molar-refractivity contribution >= 4 is 15.9 Å². The minimum atomic E-state index is -0.260. The van der Waals surface area contributed by atoms with Gasteiger partial charge in [-0.05, 0) is 47.5 Å². The molecule has 4 nitrogen and oxygen atoms in total. The summed E-state index contributed by atoms with van der Waals surface area (Å²) in [5.74, 6) is 0.829. The summed E-state index contributed by atoms with van der Waals surface area (Å²) in [6.45, 7) is 4.14. The molecule has 0 aliphatic carbocycles. The Kier molecular flexibility index (Phi) is 6.79. The van der Waals surface area contributed by atoms with Crippen LogP contribution >= 0.6 is 15.9 Å². The lowest BCUT2D eigenvalue weighted by Gasteiger charge is -2.26. The molecule has 19 heavy (non-hydrogen) atoms. The van der Waals surface area contributed by atoms with Crippen LogP contribution in [0.3, 0.4) is 0 Å². The highest BCUT2D eigenvalue weighted by atomic mass is 79.9. The maximum Gasteiger partial charge on any atom is 0.171 e. The predicted octanol–water partition coefficient (Wildman–Crippen LogP) is 3.12. The summed E-state index contributed by atoms with van der Waals surface area (Å²) in [5.41, 5.74) is 1.17. The van der Waals surface area contributed by atoms with Crippen molar-refractivity contribution in [2.24, 2.45) is 0 Å². The molecule has 2 atom stereocenters. The molecule has 0 aliphatic heterocycles. The largest absolute Gasteiger partial charge is 0.496 e. The van der Waals surface area contributed by atoms with Crippen LogP contribution in [0.25, 0.3) is 0 Å². The molecule has 1 aromatic carbocycles. The van der Waals surface area contributed by atoms with E-state index >= 15 is 0 Å². The van der Waals surface area contributed by atoms with Crippen molar-refractivity contribution in [2.75, 3.05) is 21.3 Å². The highest BCUT2D eigenvalue weighted by molar-refractivity contribution is 9.10. The average Bonchev–Trinajstić information content (AvgIpc) is 2.39. The second-order valence-corrected chi connectivity index (χ2v) is 5.27. The minimum absolute atomic E-state index is 0.0888. The van der Waals surface area contributed by atoms with E-state index < -0.39 is 0 Å². The fourth-order valence-electron chi connectivity index (χ4n) is 2.03. The molecule has 0 bridgehead atoms. The standard InChI is InChI=1S/C14H22BrNO3/c1-9(16-10(2)14(18-4)19-5)11-6-7-13(17-3)12(15)8-11/h6-10,14,16H,1-5H3/t9-,10+/m1/s1. The second-order valence-electron chi connectivity index (χ2n) is 4.41. The number of methoxy groups -OCH3 is 3. The highest BCUT2D eigenvalue weighted by Crippen LogP contribution is 2.28. The van der Waals surface area contributed by atoms with Gasteiger partial charge < -0.3 is 19.5 Å². The van der Waals surface area contributed by atoms with Gasteiger partial charge in [0, 0.05) is 20.3 Å². The Balaban J connectivity index is 2.72. The van der Waals surface area contributed by atoms with Gasteiger partial charge in [0.2, 0.25) is 0 Å². The first-order valence-corrected chi connectivity index (χ1v) is 6.97. The SMILES string of the molecule is COc1ccc([C@@H](C)N[C@@H](C)C(OC)OC)cc1Br. The molecule has 0 saturated heterocycles. The van der Waals surface area contributed by atoms with Crippen molar-refractivity contribution < 1.29 is 14.2 Å². The molecule has 0 aromatic heterocycles. The maximum atomic E-state index is 5.24. The molecule has 5 heteroatoms. The van der Waals surface area contributed by atoms with Crippen LogP contribution in [-0.4, -0.2) is 33.7 Å². The summed E-state index contributed by atoms with van der Waals surface area (Å²) in [5, 5.41) is 3.45. The van der Waals surface area contributed by atoms with E-state index in [0.29, 0.717) is 0 Å². The van der Waals surface area contributed by atoms with E-state index in [1.165, 1.54) is 5.56 Å². The van der Waals surface area contributed by atoms with Crippen molar-refractivity contribution in [3.05, 3.63) is 28.2 Å². The lowest BCUT2D eigenvalue weighted by molar-refractivity contribution is -0.120. The van der Waals surface area contributed by atoms with E-state index in [9.17, 15) is 0 Å². The smallest absolute Gasteiger partial charge is 0.171 e. The molecule has 1 rings (SSSR count). The summed E-state index contributed by atoms with van der Waals surface area (Å²) in [6.07, 6.45) is -0.260. The molecule has 0 radical (unpaired) electrons. The van der Waals surface area contributed by atoms with Gasteiger partial charge in [-0.1, -0.05) is 6.07 Å². The van der Waals surface area contributed by atoms with Gasteiger partial charge in [-0.3, -0.25) is 0 Å². The zero-order valence-electron chi connectivity index (χ0n) is 12.1. The summed E-state index contributed by atoms with van der Waals surface area (Å²) < 4.78 is 16.7. The molecule has 0 amide bonds. The number of hydrogen-bond acceptors (Lipinski definition) is 4. The fraction of sp³-hybridized carbons (Fsp3) is 0.571. The van der Waals surface area contributed by atoms with Crippen LogP contribution < -0.4 is 10.1 Å². The quantitative estimate of drug-likeness (QED) is 0.779. The molecule has 1 aromatic rings. The zero-order chi connectivity index (χ0) is 14.4. The Bertz CT molecular complexity index is 396. The van der Waals surface area contributed by atoms with Crippen molar-refractivity contribution in [1.82, 2.24) is 5.32 Å². The number of ether oxygens (including phenoxy) is 3. The first-order valence-electron chi connectivity index (χ1n) is 6.18. The van der Waals surface area contributed by atoms with Crippen LogP contribution in [0.15, 0.2) is 22.7 Å². The van der Waals surface area contributed by atoms with Crippen molar-refractivity contribution in [1.29, 1.82) is 0 Å². The highest BCUT2D eigenvalue weighted by Gasteiger charge is 2.18. The molecule has 0 fully saturated rings. The molecule has 108 valence electrons. The van der Waals surface area contributed by atoms with Crippen LogP contribution in [0.2, 0.25) is 0 Å². The third-order valence-corrected chi connectivity index (χ3v) is 3.68. The van der Waals surface area contributed by atoms with Gasteiger partial charge in [0.05, 0.1) is 17.6 Å². The molecular weight excluding hydrogens is 310 g/mol. The Labute approximate surface area is 123 Å². The summed E-state index contributed by atoms with van der Waals surface area (Å²) in [6, 6.07) is 6.32. The topological polar surface area (TPSA) is 39.7 Å². The van der Waals surface area contributed by atoms with Gasteiger partial charge in [0.1, 0.15) is 5.75 Å². The Hall–Kier alpha value is -0.620. The van der Waals surface area contributed by atoms with Gasteiger partial charge in [-0.15, -0.1) is 0 Å². The zero-order valence-corrected chi connectivity index (χ0v) is 13.7. The average molecular weight is 332 g/mol. The van der Waals surface area contributed by atoms with Crippen LogP contribution in [0.5, 0.6) is 5.75 Å². The number of halogens is 1. The van der Waals surface area contributed by atoms with Gasteiger partial charge in [-0.2, -0.15) is 0 Å². The summed E-state index contributed by atoms with van der Waals surface area (Å²) in [4.78, 5) is 0. The fourth-order valence-corrected chi connectivity index (χ4v) is 2.58. The first kappa shape index (κ1) is 16.4. The molecule has 0 saturated carbocycles. The number of hydrogen-bond donors (Lipinski definition) is 1. The minimum Gasteiger partial charge on any atom is -0.496 e. The second kappa shape index (κ2) is 7.85. The van der Waals surface area contributed by atoms with E-state index in [1.807, 2.05) is 19.1 Å². The Morgan fingerprint density at radius 1 is 1.11 bits per heavy atom. The lowest BCUT2D eigenvalue weighted by atomic mass is 10.1. The van der Waals surface area contributed by atoms with E-state index in [2.05, 4.69) is 34.2 Å². The van der Waals surface area contributed by atoms with E-state index in [4.69, 9.17) is 14.2 Å². The monoisotopic (exact) mass is 331 g/mol.